The molecule has 0 spiro atoms. The van der Waals surface area contributed by atoms with Crippen LogP contribution >= 0.6 is 15.9 Å². The second kappa shape index (κ2) is 5.55. The summed E-state index contributed by atoms with van der Waals surface area (Å²) < 4.78 is 13.7. The Morgan fingerprint density at radius 3 is 2.56 bits per heavy atom. The third-order valence-corrected chi connectivity index (χ3v) is 3.06. The van der Waals surface area contributed by atoms with Crippen molar-refractivity contribution in [2.75, 3.05) is 0 Å². The molecule has 0 bridgehead atoms. The Balaban J connectivity index is 2.77. The van der Waals surface area contributed by atoms with Crippen molar-refractivity contribution in [1.29, 1.82) is 0 Å². The summed E-state index contributed by atoms with van der Waals surface area (Å²) in [7, 11) is 0. The monoisotopic (exact) mass is 287 g/mol. The van der Waals surface area contributed by atoms with Crippen molar-refractivity contribution in [1.82, 2.24) is 0 Å². The van der Waals surface area contributed by atoms with Gasteiger partial charge in [-0.15, -0.1) is 0 Å². The molecule has 0 heterocycles. The van der Waals surface area contributed by atoms with Crippen LogP contribution in [-0.2, 0) is 11.2 Å². The molecule has 1 rings (SSSR count). The molecule has 0 aliphatic carbocycles. The van der Waals surface area contributed by atoms with E-state index in [-0.39, 0.29) is 30.0 Å². The third kappa shape index (κ3) is 3.68. The fourth-order valence-corrected chi connectivity index (χ4v) is 1.88. The second-order valence-electron chi connectivity index (χ2n) is 4.07. The first-order chi connectivity index (χ1) is 7.40. The lowest BCUT2D eigenvalue weighted by molar-refractivity contribution is -0.122. The molecular weight excluding hydrogens is 273 g/mol. The lowest BCUT2D eigenvalue weighted by Crippen LogP contribution is -2.31. The van der Waals surface area contributed by atoms with Crippen LogP contribution < -0.4 is 5.73 Å². The maximum Gasteiger partial charge on any atom is 0.141 e. The molecule has 2 nitrogen and oxygen atoms in total. The van der Waals surface area contributed by atoms with E-state index in [1.54, 1.807) is 19.9 Å². The van der Waals surface area contributed by atoms with Crippen molar-refractivity contribution >= 4 is 21.7 Å². The SMILES string of the molecule is CC(N)C(C)C(=O)Cc1cc(F)cc(Br)c1. The zero-order chi connectivity index (χ0) is 12.3. The Morgan fingerprint density at radius 2 is 2.06 bits per heavy atom. The standard InChI is InChI=1S/C12H15BrFNO/c1-7(8(2)15)12(16)5-9-3-10(13)6-11(14)4-9/h3-4,6-8H,5,15H2,1-2H3. The highest BCUT2D eigenvalue weighted by atomic mass is 79.9. The van der Waals surface area contributed by atoms with Gasteiger partial charge in [0.1, 0.15) is 11.6 Å². The summed E-state index contributed by atoms with van der Waals surface area (Å²) in [5.41, 5.74) is 6.32. The average Bonchev–Trinajstić information content (AvgIpc) is 2.14. The van der Waals surface area contributed by atoms with Gasteiger partial charge < -0.3 is 5.73 Å². The first-order valence-electron chi connectivity index (χ1n) is 5.13. The number of halogens is 2. The van der Waals surface area contributed by atoms with Crippen molar-refractivity contribution in [3.63, 3.8) is 0 Å². The van der Waals surface area contributed by atoms with Crippen LogP contribution in [0, 0.1) is 11.7 Å². The highest BCUT2D eigenvalue weighted by Gasteiger charge is 2.17. The van der Waals surface area contributed by atoms with Crippen molar-refractivity contribution < 1.29 is 9.18 Å². The molecule has 1 aromatic carbocycles. The summed E-state index contributed by atoms with van der Waals surface area (Å²) in [5.74, 6) is -0.514. The smallest absolute Gasteiger partial charge is 0.141 e. The van der Waals surface area contributed by atoms with Crippen molar-refractivity contribution in [2.24, 2.45) is 11.7 Å². The minimum atomic E-state index is -0.342. The molecule has 88 valence electrons. The Labute approximate surface area is 103 Å². The van der Waals surface area contributed by atoms with E-state index in [0.29, 0.717) is 10.0 Å². The number of hydrogen-bond donors (Lipinski definition) is 1. The molecule has 0 fully saturated rings. The lowest BCUT2D eigenvalue weighted by atomic mass is 9.94. The van der Waals surface area contributed by atoms with Gasteiger partial charge in [0.05, 0.1) is 0 Å². The van der Waals surface area contributed by atoms with Crippen molar-refractivity contribution in [3.8, 4) is 0 Å². The van der Waals surface area contributed by atoms with Crippen LogP contribution in [0.25, 0.3) is 0 Å². The molecule has 2 atom stereocenters. The topological polar surface area (TPSA) is 43.1 Å². The maximum absolute atomic E-state index is 13.1. The predicted molar refractivity (Wildman–Crippen MR) is 65.6 cm³/mol. The largest absolute Gasteiger partial charge is 0.327 e. The fourth-order valence-electron chi connectivity index (χ4n) is 1.37. The predicted octanol–water partition coefficient (Wildman–Crippen LogP) is 2.68. The molecule has 2 unspecified atom stereocenters. The molecule has 2 N–H and O–H groups in total. The first kappa shape index (κ1) is 13.3. The Hall–Kier alpha value is -0.740. The first-order valence-corrected chi connectivity index (χ1v) is 5.92. The van der Waals surface area contributed by atoms with Crippen LogP contribution in [0.5, 0.6) is 0 Å². The zero-order valence-corrected chi connectivity index (χ0v) is 10.9. The lowest BCUT2D eigenvalue weighted by Gasteiger charge is -2.14. The number of nitrogens with two attached hydrogens (primary N) is 1. The van der Waals surface area contributed by atoms with Crippen LogP contribution in [0.15, 0.2) is 22.7 Å². The summed E-state index contributed by atoms with van der Waals surface area (Å²) in [4.78, 5) is 11.8. The third-order valence-electron chi connectivity index (χ3n) is 2.60. The van der Waals surface area contributed by atoms with Gasteiger partial charge in [0.15, 0.2) is 0 Å². The van der Waals surface area contributed by atoms with Gasteiger partial charge in [-0.25, -0.2) is 4.39 Å². The number of hydrogen-bond acceptors (Lipinski definition) is 2. The van der Waals surface area contributed by atoms with Gasteiger partial charge in [-0.05, 0) is 30.7 Å². The number of benzene rings is 1. The number of carbonyl (C=O) groups excluding carboxylic acids is 1. The zero-order valence-electron chi connectivity index (χ0n) is 9.34. The molecular formula is C12H15BrFNO. The van der Waals surface area contributed by atoms with E-state index in [1.807, 2.05) is 0 Å². The highest BCUT2D eigenvalue weighted by molar-refractivity contribution is 9.10. The minimum Gasteiger partial charge on any atom is -0.327 e. The van der Waals surface area contributed by atoms with Crippen LogP contribution in [0.4, 0.5) is 4.39 Å². The molecule has 0 aliphatic heterocycles. The van der Waals surface area contributed by atoms with Crippen molar-refractivity contribution in [3.05, 3.63) is 34.1 Å². The summed E-state index contributed by atoms with van der Waals surface area (Å²) in [5, 5.41) is 0. The van der Waals surface area contributed by atoms with Gasteiger partial charge in [-0.1, -0.05) is 22.9 Å². The summed E-state index contributed by atoms with van der Waals surface area (Å²) in [6.45, 7) is 3.59. The van der Waals surface area contributed by atoms with E-state index in [9.17, 15) is 9.18 Å². The van der Waals surface area contributed by atoms with Crippen molar-refractivity contribution in [2.45, 2.75) is 26.3 Å². The Kier molecular flexibility index (Phi) is 4.62. The summed E-state index contributed by atoms with van der Waals surface area (Å²) >= 11 is 3.19. The fraction of sp³-hybridized carbons (Fsp3) is 0.417. The quantitative estimate of drug-likeness (QED) is 0.925. The van der Waals surface area contributed by atoms with E-state index >= 15 is 0 Å². The van der Waals surface area contributed by atoms with Crippen LogP contribution in [-0.4, -0.2) is 11.8 Å². The van der Waals surface area contributed by atoms with Crippen LogP contribution in [0.3, 0.4) is 0 Å². The molecule has 4 heteroatoms. The highest BCUT2D eigenvalue weighted by Crippen LogP contribution is 2.17. The molecule has 0 saturated heterocycles. The van der Waals surface area contributed by atoms with E-state index < -0.39 is 0 Å². The molecule has 0 amide bonds. The Morgan fingerprint density at radius 1 is 1.44 bits per heavy atom. The van der Waals surface area contributed by atoms with Crippen LogP contribution in [0.2, 0.25) is 0 Å². The van der Waals surface area contributed by atoms with Gasteiger partial charge in [0.2, 0.25) is 0 Å². The number of ketones is 1. The molecule has 1 aromatic rings. The molecule has 0 aliphatic rings. The van der Waals surface area contributed by atoms with Gasteiger partial charge in [-0.3, -0.25) is 4.79 Å². The maximum atomic E-state index is 13.1. The van der Waals surface area contributed by atoms with Gasteiger partial charge in [0.25, 0.3) is 0 Å². The van der Waals surface area contributed by atoms with Gasteiger partial charge in [0, 0.05) is 22.9 Å². The van der Waals surface area contributed by atoms with Gasteiger partial charge >= 0.3 is 0 Å². The minimum absolute atomic E-state index is 0.0347. The molecule has 16 heavy (non-hydrogen) atoms. The van der Waals surface area contributed by atoms with E-state index in [0.717, 1.165) is 0 Å². The van der Waals surface area contributed by atoms with E-state index in [2.05, 4.69) is 15.9 Å². The number of carbonyl (C=O) groups is 1. The Bertz CT molecular complexity index is 372. The number of Topliss-reactive ketones (excluding diaryl/α,β-unsaturated/α-hetero) is 1. The molecule has 0 aromatic heterocycles. The average molecular weight is 288 g/mol. The molecule has 0 radical (unpaired) electrons. The van der Waals surface area contributed by atoms with E-state index in [4.69, 9.17) is 5.73 Å². The van der Waals surface area contributed by atoms with E-state index in [1.165, 1.54) is 12.1 Å². The second-order valence-corrected chi connectivity index (χ2v) is 4.98. The summed E-state index contributed by atoms with van der Waals surface area (Å²) in [6, 6.07) is 4.30. The van der Waals surface area contributed by atoms with Crippen LogP contribution in [0.1, 0.15) is 19.4 Å². The molecule has 0 saturated carbocycles. The number of rotatable bonds is 4. The summed E-state index contributed by atoms with van der Waals surface area (Å²) in [6.07, 6.45) is 0.221. The normalized spacial score (nSPS) is 14.6. The van der Waals surface area contributed by atoms with Gasteiger partial charge in [-0.2, -0.15) is 0 Å².